The Labute approximate surface area is 121 Å². The van der Waals surface area contributed by atoms with Gasteiger partial charge in [-0.15, -0.1) is 11.3 Å². The number of amides is 1. The second-order valence-electron chi connectivity index (χ2n) is 5.37. The number of rotatable bonds is 4. The highest BCUT2D eigenvalue weighted by Crippen LogP contribution is 2.33. The molecule has 1 heterocycles. The molecule has 0 radical (unpaired) electrons. The van der Waals surface area contributed by atoms with E-state index < -0.39 is 11.5 Å². The lowest BCUT2D eigenvalue weighted by atomic mass is 9.77. The summed E-state index contributed by atoms with van der Waals surface area (Å²) in [7, 11) is 1.53. The quantitative estimate of drug-likeness (QED) is 0.895. The second-order valence-corrected chi connectivity index (χ2v) is 6.29. The normalized spacial score (nSPS) is 26.0. The van der Waals surface area contributed by atoms with E-state index in [1.165, 1.54) is 18.4 Å². The zero-order valence-electron chi connectivity index (χ0n) is 11.6. The molecule has 0 saturated heterocycles. The fourth-order valence-electron chi connectivity index (χ4n) is 2.47. The molecule has 5 nitrogen and oxygen atoms in total. The number of hydrogen-bond acceptors (Lipinski definition) is 4. The lowest BCUT2D eigenvalue weighted by Crippen LogP contribution is -2.56. The van der Waals surface area contributed by atoms with Crippen molar-refractivity contribution in [1.82, 2.24) is 5.32 Å². The number of carbonyl (C=O) groups excluding carboxylic acids is 1. The van der Waals surface area contributed by atoms with Gasteiger partial charge < -0.3 is 15.2 Å². The van der Waals surface area contributed by atoms with Crippen molar-refractivity contribution in [2.45, 2.75) is 38.1 Å². The molecule has 2 rings (SSSR count). The Bertz CT molecular complexity index is 503. The average Bonchev–Trinajstić information content (AvgIpc) is 2.90. The van der Waals surface area contributed by atoms with Crippen molar-refractivity contribution in [2.75, 3.05) is 7.11 Å². The number of carboxylic acid groups (broad SMARTS) is 1. The number of nitrogens with one attached hydrogen (secondary N) is 1. The molecule has 1 aromatic heterocycles. The van der Waals surface area contributed by atoms with Gasteiger partial charge in [-0.2, -0.15) is 0 Å². The maximum Gasteiger partial charge on any atom is 0.329 e. The van der Waals surface area contributed by atoms with Crippen LogP contribution in [-0.4, -0.2) is 29.6 Å². The van der Waals surface area contributed by atoms with E-state index in [1.54, 1.807) is 11.4 Å². The van der Waals surface area contributed by atoms with Gasteiger partial charge in [0.15, 0.2) is 0 Å². The van der Waals surface area contributed by atoms with Gasteiger partial charge in [0, 0.05) is 11.4 Å². The largest absolute Gasteiger partial charge is 0.496 e. The Morgan fingerprint density at radius 1 is 1.45 bits per heavy atom. The minimum atomic E-state index is -1.12. The molecule has 0 aromatic carbocycles. The third-order valence-corrected chi connectivity index (χ3v) is 4.83. The maximum absolute atomic E-state index is 12.2. The van der Waals surface area contributed by atoms with Crippen LogP contribution in [0.25, 0.3) is 0 Å². The molecule has 1 saturated carbocycles. The molecule has 1 aromatic rings. The highest BCUT2D eigenvalue weighted by molar-refractivity contribution is 7.12. The molecule has 6 heteroatoms. The van der Waals surface area contributed by atoms with E-state index in [0.29, 0.717) is 29.4 Å². The van der Waals surface area contributed by atoms with Crippen molar-refractivity contribution in [3.8, 4) is 5.75 Å². The van der Waals surface area contributed by atoms with E-state index in [-0.39, 0.29) is 5.91 Å². The van der Waals surface area contributed by atoms with Crippen LogP contribution in [-0.2, 0) is 4.79 Å². The topological polar surface area (TPSA) is 75.6 Å². The van der Waals surface area contributed by atoms with Crippen LogP contribution in [0.4, 0.5) is 0 Å². The monoisotopic (exact) mass is 297 g/mol. The minimum absolute atomic E-state index is 0.338. The lowest BCUT2D eigenvalue weighted by Gasteiger charge is -2.36. The molecule has 110 valence electrons. The molecule has 0 bridgehead atoms. The summed E-state index contributed by atoms with van der Waals surface area (Å²) in [5.41, 5.74) is -1.12. The van der Waals surface area contributed by atoms with Crippen LogP contribution >= 0.6 is 11.3 Å². The molecule has 1 fully saturated rings. The van der Waals surface area contributed by atoms with Crippen molar-refractivity contribution >= 4 is 23.2 Å². The van der Waals surface area contributed by atoms with Crippen LogP contribution in [0.1, 0.15) is 42.3 Å². The molecule has 2 N–H and O–H groups in total. The molecular weight excluding hydrogens is 278 g/mol. The van der Waals surface area contributed by atoms with Crippen LogP contribution in [0.15, 0.2) is 11.4 Å². The van der Waals surface area contributed by atoms with E-state index in [2.05, 4.69) is 12.2 Å². The summed E-state index contributed by atoms with van der Waals surface area (Å²) in [5.74, 6) is -0.153. The molecule has 1 amide bonds. The van der Waals surface area contributed by atoms with Crippen LogP contribution in [0, 0.1) is 5.92 Å². The van der Waals surface area contributed by atoms with Gasteiger partial charge in [0.25, 0.3) is 5.91 Å². The van der Waals surface area contributed by atoms with Crippen molar-refractivity contribution in [1.29, 1.82) is 0 Å². The van der Waals surface area contributed by atoms with E-state index in [4.69, 9.17) is 4.74 Å². The SMILES string of the molecule is COc1csc(C(=O)NC2(C(=O)O)CCC(C)CC2)c1. The van der Waals surface area contributed by atoms with Gasteiger partial charge in [-0.25, -0.2) is 4.79 Å². The highest BCUT2D eigenvalue weighted by Gasteiger charge is 2.42. The fourth-order valence-corrected chi connectivity index (χ4v) is 3.22. The van der Waals surface area contributed by atoms with E-state index >= 15 is 0 Å². The average molecular weight is 297 g/mol. The van der Waals surface area contributed by atoms with Gasteiger partial charge >= 0.3 is 5.97 Å². The van der Waals surface area contributed by atoms with Gasteiger partial charge in [-0.05, 0) is 31.6 Å². The van der Waals surface area contributed by atoms with Gasteiger partial charge in [-0.3, -0.25) is 4.79 Å². The van der Waals surface area contributed by atoms with Gasteiger partial charge in [0.1, 0.15) is 11.3 Å². The smallest absolute Gasteiger partial charge is 0.329 e. The molecule has 1 aliphatic rings. The lowest BCUT2D eigenvalue weighted by molar-refractivity contribution is -0.146. The van der Waals surface area contributed by atoms with Crippen molar-refractivity contribution in [3.63, 3.8) is 0 Å². The zero-order chi connectivity index (χ0) is 14.8. The Hall–Kier alpha value is -1.56. The summed E-state index contributed by atoms with van der Waals surface area (Å²) in [6.07, 6.45) is 2.61. The van der Waals surface area contributed by atoms with Crippen LogP contribution in [0.2, 0.25) is 0 Å². The van der Waals surface area contributed by atoms with Crippen molar-refractivity contribution in [3.05, 3.63) is 16.3 Å². The highest BCUT2D eigenvalue weighted by atomic mass is 32.1. The summed E-state index contributed by atoms with van der Waals surface area (Å²) in [6.45, 7) is 2.11. The Kier molecular flexibility index (Phi) is 4.32. The summed E-state index contributed by atoms with van der Waals surface area (Å²) in [5, 5.41) is 13.9. The third-order valence-electron chi connectivity index (χ3n) is 3.92. The first-order valence-corrected chi connectivity index (χ1v) is 7.53. The van der Waals surface area contributed by atoms with E-state index in [1.807, 2.05) is 0 Å². The first-order chi connectivity index (χ1) is 9.47. The molecule has 20 heavy (non-hydrogen) atoms. The Morgan fingerprint density at radius 2 is 2.10 bits per heavy atom. The number of aliphatic carboxylic acids is 1. The summed E-state index contributed by atoms with van der Waals surface area (Å²) in [6, 6.07) is 1.63. The van der Waals surface area contributed by atoms with E-state index in [0.717, 1.165) is 12.8 Å². The number of carboxylic acids is 1. The standard InChI is InChI=1S/C14H19NO4S/c1-9-3-5-14(6-4-9,13(17)18)15-12(16)11-7-10(19-2)8-20-11/h7-9H,3-6H2,1-2H3,(H,15,16)(H,17,18). The summed E-state index contributed by atoms with van der Waals surface area (Å²) >= 11 is 1.25. The molecule has 0 aliphatic heterocycles. The number of ether oxygens (including phenoxy) is 1. The molecule has 0 atom stereocenters. The predicted molar refractivity (Wildman–Crippen MR) is 76.3 cm³/mol. The zero-order valence-corrected chi connectivity index (χ0v) is 12.5. The number of hydrogen-bond donors (Lipinski definition) is 2. The molecule has 1 aliphatic carbocycles. The van der Waals surface area contributed by atoms with Gasteiger partial charge in [0.2, 0.25) is 0 Å². The minimum Gasteiger partial charge on any atom is -0.496 e. The number of thiophene rings is 1. The first kappa shape index (κ1) is 14.8. The summed E-state index contributed by atoms with van der Waals surface area (Å²) < 4.78 is 5.04. The number of methoxy groups -OCH3 is 1. The van der Waals surface area contributed by atoms with Crippen LogP contribution in [0.3, 0.4) is 0 Å². The van der Waals surface area contributed by atoms with Crippen LogP contribution < -0.4 is 10.1 Å². The molecule has 0 spiro atoms. The first-order valence-electron chi connectivity index (χ1n) is 6.65. The summed E-state index contributed by atoms with van der Waals surface area (Å²) in [4.78, 5) is 24.3. The van der Waals surface area contributed by atoms with Crippen LogP contribution in [0.5, 0.6) is 5.75 Å². The Morgan fingerprint density at radius 3 is 2.60 bits per heavy atom. The van der Waals surface area contributed by atoms with Crippen molar-refractivity contribution in [2.24, 2.45) is 5.92 Å². The molecule has 0 unspecified atom stereocenters. The van der Waals surface area contributed by atoms with Crippen molar-refractivity contribution < 1.29 is 19.4 Å². The predicted octanol–water partition coefficient (Wildman–Crippen LogP) is 2.52. The van der Waals surface area contributed by atoms with E-state index in [9.17, 15) is 14.7 Å². The van der Waals surface area contributed by atoms with Gasteiger partial charge in [0.05, 0.1) is 12.0 Å². The second kappa shape index (κ2) is 5.83. The molecular formula is C14H19NO4S. The van der Waals surface area contributed by atoms with Gasteiger partial charge in [-0.1, -0.05) is 6.92 Å². The fraction of sp³-hybridized carbons (Fsp3) is 0.571. The Balaban J connectivity index is 2.12. The number of carbonyl (C=O) groups is 2. The third kappa shape index (κ3) is 2.95. The maximum atomic E-state index is 12.2.